The van der Waals surface area contributed by atoms with E-state index in [0.717, 1.165) is 0 Å². The molecule has 1 unspecified atom stereocenters. The van der Waals surface area contributed by atoms with Gasteiger partial charge in [0.2, 0.25) is 5.91 Å². The molecule has 1 saturated heterocycles. The molecule has 1 aliphatic rings. The number of hydrogen-bond donors (Lipinski definition) is 1. The van der Waals surface area contributed by atoms with Crippen LogP contribution < -0.4 is 5.32 Å². The van der Waals surface area contributed by atoms with Gasteiger partial charge in [0.15, 0.2) is 0 Å². The van der Waals surface area contributed by atoms with Crippen molar-refractivity contribution in [3.05, 3.63) is 0 Å². The first-order valence-electron chi connectivity index (χ1n) is 5.80. The van der Waals surface area contributed by atoms with Crippen LogP contribution in [0.3, 0.4) is 0 Å². The Bertz CT molecular complexity index is 345. The van der Waals surface area contributed by atoms with Gasteiger partial charge in [0.05, 0.1) is 19.6 Å². The van der Waals surface area contributed by atoms with Gasteiger partial charge < -0.3 is 10.1 Å². The topological polar surface area (TPSA) is 79.0 Å². The van der Waals surface area contributed by atoms with E-state index in [1.807, 2.05) is 0 Å². The number of carbonyl (C=O) groups is 3. The van der Waals surface area contributed by atoms with E-state index >= 15 is 0 Å². The molecule has 1 N–H and O–H groups in total. The molecule has 0 aliphatic carbocycles. The number of methoxy groups -OCH3 is 1. The quantitative estimate of drug-likeness (QED) is 0.657. The van der Waals surface area contributed by atoms with E-state index in [0.29, 0.717) is 19.6 Å². The van der Waals surface area contributed by atoms with Gasteiger partial charge in [0, 0.05) is 19.6 Å². The van der Waals surface area contributed by atoms with Crippen molar-refractivity contribution < 1.29 is 19.1 Å². The summed E-state index contributed by atoms with van der Waals surface area (Å²) in [6, 6.07) is -0.352. The highest BCUT2D eigenvalue weighted by atomic mass is 16.5. The number of urea groups is 1. The molecule has 3 amide bonds. The number of carbonyl (C=O) groups excluding carboxylic acids is 3. The van der Waals surface area contributed by atoms with Crippen molar-refractivity contribution in [3.63, 3.8) is 0 Å². The van der Waals surface area contributed by atoms with Crippen LogP contribution in [0, 0.1) is 5.92 Å². The van der Waals surface area contributed by atoms with E-state index < -0.39 is 0 Å². The van der Waals surface area contributed by atoms with E-state index in [2.05, 4.69) is 10.1 Å². The number of esters is 1. The maximum absolute atomic E-state index is 11.8. The SMILES string of the molecule is COC(=O)C(C)CN(C)CC(=O)N1CCNC1=O. The molecule has 0 radical (unpaired) electrons. The van der Waals surface area contributed by atoms with Crippen molar-refractivity contribution in [1.82, 2.24) is 15.1 Å². The van der Waals surface area contributed by atoms with Gasteiger partial charge in [0.1, 0.15) is 0 Å². The van der Waals surface area contributed by atoms with E-state index in [1.54, 1.807) is 18.9 Å². The second-order valence-electron chi connectivity index (χ2n) is 4.40. The summed E-state index contributed by atoms with van der Waals surface area (Å²) in [5.41, 5.74) is 0. The zero-order valence-corrected chi connectivity index (χ0v) is 10.9. The molecular formula is C11H19N3O4. The average Bonchev–Trinajstić information content (AvgIpc) is 2.74. The maximum Gasteiger partial charge on any atom is 0.324 e. The van der Waals surface area contributed by atoms with Crippen LogP contribution >= 0.6 is 0 Å². The molecule has 0 bridgehead atoms. The maximum atomic E-state index is 11.8. The normalized spacial score (nSPS) is 16.7. The largest absolute Gasteiger partial charge is 0.469 e. The lowest BCUT2D eigenvalue weighted by molar-refractivity contribution is -0.145. The number of amides is 3. The summed E-state index contributed by atoms with van der Waals surface area (Å²) in [5, 5.41) is 2.57. The molecule has 0 spiro atoms. The summed E-state index contributed by atoms with van der Waals surface area (Å²) >= 11 is 0. The van der Waals surface area contributed by atoms with Gasteiger partial charge >= 0.3 is 12.0 Å². The zero-order valence-electron chi connectivity index (χ0n) is 10.9. The van der Waals surface area contributed by atoms with Crippen LogP contribution in [-0.2, 0) is 14.3 Å². The molecule has 1 aliphatic heterocycles. The molecule has 1 heterocycles. The number of hydrogen-bond acceptors (Lipinski definition) is 5. The summed E-state index contributed by atoms with van der Waals surface area (Å²) < 4.78 is 4.61. The summed E-state index contributed by atoms with van der Waals surface area (Å²) in [4.78, 5) is 37.2. The van der Waals surface area contributed by atoms with Crippen LogP contribution in [0.2, 0.25) is 0 Å². The van der Waals surface area contributed by atoms with Crippen molar-refractivity contribution >= 4 is 17.9 Å². The fourth-order valence-electron chi connectivity index (χ4n) is 1.83. The van der Waals surface area contributed by atoms with Gasteiger partial charge in [-0.15, -0.1) is 0 Å². The van der Waals surface area contributed by atoms with Crippen LogP contribution in [0.25, 0.3) is 0 Å². The lowest BCUT2D eigenvalue weighted by Gasteiger charge is -2.21. The number of nitrogens with one attached hydrogen (secondary N) is 1. The molecule has 7 nitrogen and oxygen atoms in total. The highest BCUT2D eigenvalue weighted by Crippen LogP contribution is 2.03. The Hall–Kier alpha value is -1.63. The molecule has 102 valence electrons. The second kappa shape index (κ2) is 6.34. The minimum Gasteiger partial charge on any atom is -0.469 e. The molecule has 0 aromatic heterocycles. The minimum atomic E-state index is -0.352. The summed E-state index contributed by atoms with van der Waals surface area (Å²) in [6.07, 6.45) is 0. The molecule has 1 atom stereocenters. The average molecular weight is 257 g/mol. The predicted octanol–water partition coefficient (Wildman–Crippen LogP) is -0.721. The molecule has 0 aromatic carbocycles. The number of rotatable bonds is 5. The molecule has 7 heteroatoms. The third-order valence-electron chi connectivity index (χ3n) is 2.75. The van der Waals surface area contributed by atoms with Crippen molar-refractivity contribution in [3.8, 4) is 0 Å². The Morgan fingerprint density at radius 3 is 2.72 bits per heavy atom. The van der Waals surface area contributed by atoms with E-state index in [-0.39, 0.29) is 30.4 Å². The molecule has 0 saturated carbocycles. The van der Waals surface area contributed by atoms with Gasteiger partial charge in [-0.3, -0.25) is 19.4 Å². The lowest BCUT2D eigenvalue weighted by Crippen LogP contribution is -2.42. The summed E-state index contributed by atoms with van der Waals surface area (Å²) in [5.74, 6) is -0.877. The van der Waals surface area contributed by atoms with E-state index in [9.17, 15) is 14.4 Å². The van der Waals surface area contributed by atoms with Crippen molar-refractivity contribution in [2.45, 2.75) is 6.92 Å². The van der Waals surface area contributed by atoms with Gasteiger partial charge in [0.25, 0.3) is 0 Å². The first-order valence-corrected chi connectivity index (χ1v) is 5.80. The molecule has 18 heavy (non-hydrogen) atoms. The van der Waals surface area contributed by atoms with Gasteiger partial charge in [-0.25, -0.2) is 4.79 Å². The van der Waals surface area contributed by atoms with Gasteiger partial charge in [-0.1, -0.05) is 6.92 Å². The van der Waals surface area contributed by atoms with Crippen molar-refractivity contribution in [2.75, 3.05) is 40.3 Å². The highest BCUT2D eigenvalue weighted by Gasteiger charge is 2.27. The Morgan fingerprint density at radius 1 is 1.56 bits per heavy atom. The monoisotopic (exact) mass is 257 g/mol. The fraction of sp³-hybridized carbons (Fsp3) is 0.727. The smallest absolute Gasteiger partial charge is 0.324 e. The summed E-state index contributed by atoms with van der Waals surface area (Å²) in [7, 11) is 3.06. The van der Waals surface area contributed by atoms with Crippen LogP contribution in [0.1, 0.15) is 6.92 Å². The van der Waals surface area contributed by atoms with Crippen LogP contribution in [0.4, 0.5) is 4.79 Å². The number of nitrogens with zero attached hydrogens (tertiary/aromatic N) is 2. The Morgan fingerprint density at radius 2 is 2.22 bits per heavy atom. The first kappa shape index (κ1) is 14.4. The number of imide groups is 1. The summed E-state index contributed by atoms with van der Waals surface area (Å²) in [6.45, 7) is 3.14. The predicted molar refractivity (Wildman–Crippen MR) is 63.8 cm³/mol. The molecule has 1 fully saturated rings. The van der Waals surface area contributed by atoms with Gasteiger partial charge in [-0.05, 0) is 7.05 Å². The van der Waals surface area contributed by atoms with E-state index in [1.165, 1.54) is 12.0 Å². The highest BCUT2D eigenvalue weighted by molar-refractivity contribution is 5.96. The van der Waals surface area contributed by atoms with Crippen LogP contribution in [0.15, 0.2) is 0 Å². The third-order valence-corrected chi connectivity index (χ3v) is 2.75. The minimum absolute atomic E-state index is 0.106. The Kier molecular flexibility index (Phi) is 5.08. The zero-order chi connectivity index (χ0) is 13.7. The number of likely N-dealkylation sites (N-methyl/N-ethyl adjacent to an activating group) is 1. The third kappa shape index (κ3) is 3.69. The lowest BCUT2D eigenvalue weighted by atomic mass is 10.2. The fourth-order valence-corrected chi connectivity index (χ4v) is 1.83. The standard InChI is InChI=1S/C11H19N3O4/c1-8(10(16)18-3)6-13(2)7-9(15)14-5-4-12-11(14)17/h8H,4-7H2,1-3H3,(H,12,17). The van der Waals surface area contributed by atoms with Gasteiger partial charge in [-0.2, -0.15) is 0 Å². The van der Waals surface area contributed by atoms with Crippen molar-refractivity contribution in [1.29, 1.82) is 0 Å². The second-order valence-corrected chi connectivity index (χ2v) is 4.40. The first-order chi connectivity index (χ1) is 8.45. The van der Waals surface area contributed by atoms with E-state index in [4.69, 9.17) is 0 Å². The molecule has 0 aromatic rings. The Balaban J connectivity index is 2.40. The van der Waals surface area contributed by atoms with Crippen LogP contribution in [0.5, 0.6) is 0 Å². The van der Waals surface area contributed by atoms with Crippen LogP contribution in [-0.4, -0.2) is 68.0 Å². The molecular weight excluding hydrogens is 238 g/mol. The van der Waals surface area contributed by atoms with Crippen molar-refractivity contribution in [2.24, 2.45) is 5.92 Å². The molecule has 1 rings (SSSR count). The Labute approximate surface area is 106 Å². The number of ether oxygens (including phenoxy) is 1.